The first kappa shape index (κ1) is 21.3. The summed E-state index contributed by atoms with van der Waals surface area (Å²) in [4.78, 5) is 25.2. The Morgan fingerprint density at radius 2 is 1.19 bits per heavy atom. The highest BCUT2D eigenvalue weighted by Gasteiger charge is 2.23. The van der Waals surface area contributed by atoms with Crippen LogP contribution in [0.25, 0.3) is 10.8 Å². The van der Waals surface area contributed by atoms with E-state index in [1.807, 2.05) is 61.5 Å². The molecule has 4 rings (SSSR count). The van der Waals surface area contributed by atoms with Crippen molar-refractivity contribution in [2.75, 3.05) is 0 Å². The second-order valence-corrected chi connectivity index (χ2v) is 7.68. The average Bonchev–Trinajstić information content (AvgIpc) is 2.84. The zero-order valence-corrected chi connectivity index (χ0v) is 17.8. The molecule has 160 valence electrons. The normalized spacial score (nSPS) is 12.7. The summed E-state index contributed by atoms with van der Waals surface area (Å²) in [5.41, 5.74) is 1.82. The molecule has 4 aromatic carbocycles. The van der Waals surface area contributed by atoms with Crippen LogP contribution in [0.4, 0.5) is 0 Å². The van der Waals surface area contributed by atoms with Gasteiger partial charge in [-0.05, 0) is 53.6 Å². The molecule has 0 aliphatic heterocycles. The third kappa shape index (κ3) is 5.22. The monoisotopic (exact) mass is 424 g/mol. The Balaban J connectivity index is 1.56. The molecule has 4 nitrogen and oxygen atoms in total. The van der Waals surface area contributed by atoms with Gasteiger partial charge in [-0.1, -0.05) is 72.8 Å². The van der Waals surface area contributed by atoms with Crippen molar-refractivity contribution in [1.82, 2.24) is 0 Å². The third-order valence-electron chi connectivity index (χ3n) is 5.27. The molecule has 0 amide bonds. The van der Waals surface area contributed by atoms with Gasteiger partial charge in [0.05, 0.1) is 11.1 Å². The quantitative estimate of drug-likeness (QED) is 0.323. The Morgan fingerprint density at radius 3 is 1.81 bits per heavy atom. The van der Waals surface area contributed by atoms with E-state index >= 15 is 0 Å². The van der Waals surface area contributed by atoms with Gasteiger partial charge in [-0.3, -0.25) is 0 Å². The van der Waals surface area contributed by atoms with Gasteiger partial charge >= 0.3 is 11.9 Å². The predicted molar refractivity (Wildman–Crippen MR) is 124 cm³/mol. The molecule has 0 spiro atoms. The minimum Gasteiger partial charge on any atom is -0.459 e. The van der Waals surface area contributed by atoms with Crippen LogP contribution in [0.15, 0.2) is 103 Å². The molecule has 0 saturated carbocycles. The number of carbonyl (C=O) groups is 2. The van der Waals surface area contributed by atoms with Gasteiger partial charge in [0.1, 0.15) is 12.2 Å². The van der Waals surface area contributed by atoms with Crippen LogP contribution < -0.4 is 0 Å². The minimum atomic E-state index is -0.564. The number of hydrogen-bond acceptors (Lipinski definition) is 4. The van der Waals surface area contributed by atoms with E-state index in [-0.39, 0.29) is 0 Å². The van der Waals surface area contributed by atoms with Gasteiger partial charge < -0.3 is 9.47 Å². The van der Waals surface area contributed by atoms with E-state index in [4.69, 9.17) is 9.47 Å². The fourth-order valence-corrected chi connectivity index (χ4v) is 3.61. The Morgan fingerprint density at radius 1 is 0.656 bits per heavy atom. The Hall–Kier alpha value is -3.92. The average molecular weight is 424 g/mol. The number of rotatable bonds is 7. The van der Waals surface area contributed by atoms with E-state index in [1.54, 1.807) is 48.5 Å². The molecule has 0 N–H and O–H groups in total. The van der Waals surface area contributed by atoms with Crippen molar-refractivity contribution in [2.24, 2.45) is 0 Å². The summed E-state index contributed by atoms with van der Waals surface area (Å²) in [6.07, 6.45) is -0.677. The highest BCUT2D eigenvalue weighted by Crippen LogP contribution is 2.28. The molecular weight excluding hydrogens is 400 g/mol. The topological polar surface area (TPSA) is 52.6 Å². The van der Waals surface area contributed by atoms with E-state index in [2.05, 4.69) is 0 Å². The summed E-state index contributed by atoms with van der Waals surface area (Å²) in [7, 11) is 0. The summed E-state index contributed by atoms with van der Waals surface area (Å²) in [5.74, 6) is -0.810. The maximum Gasteiger partial charge on any atom is 0.338 e. The molecule has 32 heavy (non-hydrogen) atoms. The summed E-state index contributed by atoms with van der Waals surface area (Å²) in [6, 6.07) is 31.7. The van der Waals surface area contributed by atoms with Gasteiger partial charge in [0.25, 0.3) is 0 Å². The van der Waals surface area contributed by atoms with Gasteiger partial charge in [0.2, 0.25) is 0 Å². The van der Waals surface area contributed by atoms with Crippen molar-refractivity contribution in [2.45, 2.75) is 25.6 Å². The van der Waals surface area contributed by atoms with Crippen LogP contribution in [0.3, 0.4) is 0 Å². The van der Waals surface area contributed by atoms with Gasteiger partial charge in [-0.2, -0.15) is 0 Å². The smallest absolute Gasteiger partial charge is 0.338 e. The maximum atomic E-state index is 12.8. The number of esters is 2. The number of ether oxygens (including phenoxy) is 2. The first-order valence-electron chi connectivity index (χ1n) is 10.6. The van der Waals surface area contributed by atoms with Gasteiger partial charge in [0.15, 0.2) is 0 Å². The SMILES string of the molecule is CC(CC(OC(=O)c1ccccc1)c1ccc2ccccc2c1)OC(=O)c1ccccc1. The third-order valence-corrected chi connectivity index (χ3v) is 5.27. The molecule has 2 unspecified atom stereocenters. The summed E-state index contributed by atoms with van der Waals surface area (Å²) in [6.45, 7) is 1.81. The lowest BCUT2D eigenvalue weighted by Gasteiger charge is -2.22. The zero-order valence-electron chi connectivity index (χ0n) is 17.8. The first-order chi connectivity index (χ1) is 15.6. The van der Waals surface area contributed by atoms with Crippen molar-refractivity contribution < 1.29 is 19.1 Å². The second-order valence-electron chi connectivity index (χ2n) is 7.68. The summed E-state index contributed by atoms with van der Waals surface area (Å²) >= 11 is 0. The molecule has 2 atom stereocenters. The number of hydrogen-bond donors (Lipinski definition) is 0. The van der Waals surface area contributed by atoms with Gasteiger partial charge in [-0.15, -0.1) is 0 Å². The van der Waals surface area contributed by atoms with E-state index in [1.165, 1.54) is 0 Å². The largest absolute Gasteiger partial charge is 0.459 e. The molecule has 0 heterocycles. The van der Waals surface area contributed by atoms with E-state index in [0.29, 0.717) is 17.5 Å². The fraction of sp³-hybridized carbons (Fsp3) is 0.143. The van der Waals surface area contributed by atoms with Crippen molar-refractivity contribution >= 4 is 22.7 Å². The molecule has 4 aromatic rings. The van der Waals surface area contributed by atoms with Crippen molar-refractivity contribution in [3.63, 3.8) is 0 Å². The lowest BCUT2D eigenvalue weighted by atomic mass is 9.99. The molecule has 0 aliphatic rings. The minimum absolute atomic E-state index is 0.343. The second kappa shape index (κ2) is 9.92. The molecule has 0 radical (unpaired) electrons. The van der Waals surface area contributed by atoms with Crippen LogP contribution in [0.1, 0.15) is 45.7 Å². The van der Waals surface area contributed by atoms with Crippen LogP contribution >= 0.6 is 0 Å². The maximum absolute atomic E-state index is 12.8. The Bertz CT molecular complexity index is 1200. The first-order valence-corrected chi connectivity index (χ1v) is 10.6. The highest BCUT2D eigenvalue weighted by atomic mass is 16.6. The van der Waals surface area contributed by atoms with Crippen molar-refractivity contribution in [3.8, 4) is 0 Å². The summed E-state index contributed by atoms with van der Waals surface area (Å²) in [5, 5.41) is 2.16. The lowest BCUT2D eigenvalue weighted by Crippen LogP contribution is -2.21. The van der Waals surface area contributed by atoms with E-state index < -0.39 is 24.1 Å². The molecular formula is C28H24O4. The lowest BCUT2D eigenvalue weighted by molar-refractivity contribution is 0.00291. The molecule has 0 fully saturated rings. The van der Waals surface area contributed by atoms with E-state index in [9.17, 15) is 9.59 Å². The Kier molecular flexibility index (Phi) is 6.61. The van der Waals surface area contributed by atoms with Crippen LogP contribution in [0.2, 0.25) is 0 Å². The zero-order chi connectivity index (χ0) is 22.3. The van der Waals surface area contributed by atoms with Gasteiger partial charge in [-0.25, -0.2) is 9.59 Å². The summed E-state index contributed by atoms with van der Waals surface area (Å²) < 4.78 is 11.5. The number of benzene rings is 4. The molecule has 0 aliphatic carbocycles. The predicted octanol–water partition coefficient (Wildman–Crippen LogP) is 6.37. The van der Waals surface area contributed by atoms with Gasteiger partial charge in [0, 0.05) is 6.42 Å². The molecule has 4 heteroatoms. The molecule has 0 saturated heterocycles. The van der Waals surface area contributed by atoms with Crippen LogP contribution in [-0.2, 0) is 9.47 Å². The molecule has 0 aromatic heterocycles. The van der Waals surface area contributed by atoms with E-state index in [0.717, 1.165) is 16.3 Å². The fourth-order valence-electron chi connectivity index (χ4n) is 3.61. The number of fused-ring (bicyclic) bond motifs is 1. The number of carbonyl (C=O) groups excluding carboxylic acids is 2. The van der Waals surface area contributed by atoms with Crippen LogP contribution in [0.5, 0.6) is 0 Å². The van der Waals surface area contributed by atoms with Crippen molar-refractivity contribution in [1.29, 1.82) is 0 Å². The highest BCUT2D eigenvalue weighted by molar-refractivity contribution is 5.90. The van der Waals surface area contributed by atoms with Crippen molar-refractivity contribution in [3.05, 3.63) is 120 Å². The van der Waals surface area contributed by atoms with Crippen LogP contribution in [-0.4, -0.2) is 18.0 Å². The molecule has 0 bridgehead atoms. The standard InChI is InChI=1S/C28H24O4/c1-20(31-27(29)22-11-4-2-5-12-22)18-26(32-28(30)23-13-6-3-7-14-23)25-17-16-21-10-8-9-15-24(21)19-25/h2-17,19-20,26H,18H2,1H3. The van der Waals surface area contributed by atoms with Crippen LogP contribution in [0, 0.1) is 0 Å². The Labute approximate surface area is 187 Å².